The van der Waals surface area contributed by atoms with Gasteiger partial charge in [0.2, 0.25) is 0 Å². The SMILES string of the molecule is COCOC[C@H]1C(C(=O)OC(C)(C)C)=CCN1C. The lowest BCUT2D eigenvalue weighted by molar-refractivity contribution is -0.150. The van der Waals surface area contributed by atoms with Crippen LogP contribution in [0.25, 0.3) is 0 Å². The molecule has 0 unspecified atom stereocenters. The van der Waals surface area contributed by atoms with Gasteiger partial charge in [-0.3, -0.25) is 4.90 Å². The summed E-state index contributed by atoms with van der Waals surface area (Å²) in [5.74, 6) is -0.266. The van der Waals surface area contributed by atoms with E-state index in [1.54, 1.807) is 7.11 Å². The number of carbonyl (C=O) groups excluding carboxylic acids is 1. The number of methoxy groups -OCH3 is 1. The summed E-state index contributed by atoms with van der Waals surface area (Å²) >= 11 is 0. The van der Waals surface area contributed by atoms with Gasteiger partial charge in [-0.1, -0.05) is 6.08 Å². The summed E-state index contributed by atoms with van der Waals surface area (Å²) in [7, 11) is 3.53. The van der Waals surface area contributed by atoms with E-state index in [1.165, 1.54) is 0 Å². The van der Waals surface area contributed by atoms with Crippen LogP contribution in [0.4, 0.5) is 0 Å². The number of nitrogens with zero attached hydrogens (tertiary/aromatic N) is 1. The summed E-state index contributed by atoms with van der Waals surface area (Å²) in [6, 6.07) is -0.0602. The molecule has 0 bridgehead atoms. The fraction of sp³-hybridized carbons (Fsp3) is 0.769. The Labute approximate surface area is 109 Å². The minimum absolute atomic E-state index is 0.0602. The lowest BCUT2D eigenvalue weighted by Crippen LogP contribution is -2.36. The molecule has 0 fully saturated rings. The fourth-order valence-corrected chi connectivity index (χ4v) is 1.76. The van der Waals surface area contributed by atoms with Crippen LogP contribution < -0.4 is 0 Å². The van der Waals surface area contributed by atoms with E-state index >= 15 is 0 Å². The predicted octanol–water partition coefficient (Wildman–Crippen LogP) is 1.19. The molecule has 0 saturated carbocycles. The van der Waals surface area contributed by atoms with Crippen molar-refractivity contribution < 1.29 is 19.0 Å². The topological polar surface area (TPSA) is 48.0 Å². The Kier molecular flexibility index (Phi) is 5.31. The molecule has 0 N–H and O–H groups in total. The van der Waals surface area contributed by atoms with Crippen molar-refractivity contribution >= 4 is 5.97 Å². The summed E-state index contributed by atoms with van der Waals surface area (Å²) in [4.78, 5) is 14.1. The second-order valence-electron chi connectivity index (χ2n) is 5.39. The Bertz CT molecular complexity index is 319. The molecular formula is C13H23NO4. The molecule has 0 spiro atoms. The van der Waals surface area contributed by atoms with Crippen LogP contribution in [0.3, 0.4) is 0 Å². The average molecular weight is 257 g/mol. The highest BCUT2D eigenvalue weighted by atomic mass is 16.7. The van der Waals surface area contributed by atoms with Crippen LogP contribution in [0.1, 0.15) is 20.8 Å². The quantitative estimate of drug-likeness (QED) is 0.420. The van der Waals surface area contributed by atoms with Crippen LogP contribution in [-0.2, 0) is 19.0 Å². The molecule has 1 aliphatic heterocycles. The number of hydrogen-bond acceptors (Lipinski definition) is 5. The van der Waals surface area contributed by atoms with Gasteiger partial charge in [-0.25, -0.2) is 4.79 Å². The van der Waals surface area contributed by atoms with Crippen molar-refractivity contribution in [2.24, 2.45) is 0 Å². The Balaban J connectivity index is 2.60. The third-order valence-corrected chi connectivity index (χ3v) is 2.60. The lowest BCUT2D eigenvalue weighted by atomic mass is 10.1. The van der Waals surface area contributed by atoms with Gasteiger partial charge in [0.25, 0.3) is 0 Å². The van der Waals surface area contributed by atoms with Crippen LogP contribution in [0.5, 0.6) is 0 Å². The van der Waals surface area contributed by atoms with Gasteiger partial charge < -0.3 is 14.2 Å². The van der Waals surface area contributed by atoms with Crippen LogP contribution in [-0.4, -0.2) is 56.6 Å². The second kappa shape index (κ2) is 6.31. The molecule has 1 atom stereocenters. The first-order chi connectivity index (χ1) is 8.35. The van der Waals surface area contributed by atoms with E-state index in [9.17, 15) is 4.79 Å². The molecule has 0 radical (unpaired) electrons. The Morgan fingerprint density at radius 2 is 2.17 bits per heavy atom. The highest BCUT2D eigenvalue weighted by Gasteiger charge is 2.32. The zero-order valence-corrected chi connectivity index (χ0v) is 11.9. The van der Waals surface area contributed by atoms with Crippen molar-refractivity contribution in [3.05, 3.63) is 11.6 Å². The van der Waals surface area contributed by atoms with Crippen LogP contribution in [0.2, 0.25) is 0 Å². The first-order valence-electron chi connectivity index (χ1n) is 6.05. The summed E-state index contributed by atoms with van der Waals surface area (Å²) < 4.78 is 15.6. The van der Waals surface area contributed by atoms with Crippen molar-refractivity contribution in [2.75, 3.05) is 34.1 Å². The molecule has 1 rings (SSSR count). The number of rotatable bonds is 5. The number of ether oxygens (including phenoxy) is 3. The van der Waals surface area contributed by atoms with E-state index in [-0.39, 0.29) is 18.8 Å². The molecule has 1 heterocycles. The number of carbonyl (C=O) groups is 1. The maximum Gasteiger partial charge on any atom is 0.335 e. The van der Waals surface area contributed by atoms with E-state index in [0.29, 0.717) is 12.2 Å². The number of likely N-dealkylation sites (N-methyl/N-ethyl adjacent to an activating group) is 1. The Morgan fingerprint density at radius 1 is 1.50 bits per heavy atom. The van der Waals surface area contributed by atoms with Gasteiger partial charge in [-0.15, -0.1) is 0 Å². The molecule has 0 saturated heterocycles. The first kappa shape index (κ1) is 15.1. The van der Waals surface area contributed by atoms with Gasteiger partial charge in [0, 0.05) is 13.7 Å². The van der Waals surface area contributed by atoms with Gasteiger partial charge >= 0.3 is 5.97 Å². The third kappa shape index (κ3) is 4.40. The second-order valence-corrected chi connectivity index (χ2v) is 5.39. The molecule has 0 aliphatic carbocycles. The maximum absolute atomic E-state index is 12.0. The molecule has 0 aromatic rings. The minimum atomic E-state index is -0.475. The number of hydrogen-bond donors (Lipinski definition) is 0. The van der Waals surface area contributed by atoms with E-state index in [4.69, 9.17) is 14.2 Å². The summed E-state index contributed by atoms with van der Waals surface area (Å²) in [6.45, 7) is 6.97. The molecule has 104 valence electrons. The van der Waals surface area contributed by atoms with Crippen molar-refractivity contribution in [2.45, 2.75) is 32.4 Å². The highest BCUT2D eigenvalue weighted by Crippen LogP contribution is 2.21. The maximum atomic E-state index is 12.0. The Hall–Kier alpha value is -0.910. The smallest absolute Gasteiger partial charge is 0.335 e. The van der Waals surface area contributed by atoms with Gasteiger partial charge in [0.15, 0.2) is 0 Å². The molecule has 0 aromatic carbocycles. The van der Waals surface area contributed by atoms with E-state index in [2.05, 4.69) is 4.90 Å². The monoisotopic (exact) mass is 257 g/mol. The van der Waals surface area contributed by atoms with E-state index in [0.717, 1.165) is 6.54 Å². The molecule has 5 heteroatoms. The zero-order chi connectivity index (χ0) is 13.8. The molecule has 1 aliphatic rings. The van der Waals surface area contributed by atoms with Crippen LogP contribution in [0, 0.1) is 0 Å². The van der Waals surface area contributed by atoms with Gasteiger partial charge in [-0.2, -0.15) is 0 Å². The van der Waals surface area contributed by atoms with Crippen LogP contribution in [0.15, 0.2) is 11.6 Å². The van der Waals surface area contributed by atoms with E-state index in [1.807, 2.05) is 33.9 Å². The minimum Gasteiger partial charge on any atom is -0.457 e. The molecular weight excluding hydrogens is 234 g/mol. The zero-order valence-electron chi connectivity index (χ0n) is 11.9. The number of esters is 1. The molecule has 0 aromatic heterocycles. The molecule has 5 nitrogen and oxygen atoms in total. The van der Waals surface area contributed by atoms with Gasteiger partial charge in [0.05, 0.1) is 18.2 Å². The first-order valence-corrected chi connectivity index (χ1v) is 6.05. The van der Waals surface area contributed by atoms with Crippen molar-refractivity contribution in [1.29, 1.82) is 0 Å². The largest absolute Gasteiger partial charge is 0.457 e. The standard InChI is InChI=1S/C13H23NO4/c1-13(2,3)18-12(15)10-6-7-14(4)11(10)8-17-9-16-5/h6,11H,7-9H2,1-5H3/t11-/m0/s1. The third-order valence-electron chi connectivity index (χ3n) is 2.60. The lowest BCUT2D eigenvalue weighted by Gasteiger charge is -2.25. The Morgan fingerprint density at radius 3 is 2.72 bits per heavy atom. The predicted molar refractivity (Wildman–Crippen MR) is 68.2 cm³/mol. The van der Waals surface area contributed by atoms with Crippen LogP contribution >= 0.6 is 0 Å². The molecule has 18 heavy (non-hydrogen) atoms. The summed E-state index contributed by atoms with van der Waals surface area (Å²) in [6.07, 6.45) is 1.90. The van der Waals surface area contributed by atoms with Gasteiger partial charge in [-0.05, 0) is 27.8 Å². The average Bonchev–Trinajstić information content (AvgIpc) is 2.58. The fourth-order valence-electron chi connectivity index (χ4n) is 1.76. The van der Waals surface area contributed by atoms with Crippen molar-refractivity contribution in [3.8, 4) is 0 Å². The van der Waals surface area contributed by atoms with Crippen molar-refractivity contribution in [3.63, 3.8) is 0 Å². The summed E-state index contributed by atoms with van der Waals surface area (Å²) in [5, 5.41) is 0. The van der Waals surface area contributed by atoms with E-state index < -0.39 is 5.60 Å². The summed E-state index contributed by atoms with van der Waals surface area (Å²) in [5.41, 5.74) is 0.195. The van der Waals surface area contributed by atoms with Crippen molar-refractivity contribution in [1.82, 2.24) is 4.90 Å². The molecule has 0 amide bonds. The normalized spacial score (nSPS) is 20.9. The highest BCUT2D eigenvalue weighted by molar-refractivity contribution is 5.90. The van der Waals surface area contributed by atoms with Gasteiger partial charge in [0.1, 0.15) is 12.4 Å².